The molecule has 2 aromatic carbocycles. The van der Waals surface area contributed by atoms with Gasteiger partial charge in [0.15, 0.2) is 6.10 Å². The zero-order valence-corrected chi connectivity index (χ0v) is 14.0. The van der Waals surface area contributed by atoms with Crippen LogP contribution in [0.25, 0.3) is 10.9 Å². The molecule has 2 amide bonds. The smallest absolute Gasteiger partial charge is 0.254 e. The molecule has 0 aliphatic heterocycles. The lowest BCUT2D eigenvalue weighted by Crippen LogP contribution is -2.47. The number of aliphatic hydroxyl groups excluding tert-OH is 1. The van der Waals surface area contributed by atoms with Crippen molar-refractivity contribution in [2.24, 2.45) is 5.73 Å². The van der Waals surface area contributed by atoms with Crippen LogP contribution in [-0.4, -0.2) is 27.9 Å². The van der Waals surface area contributed by atoms with Crippen LogP contribution in [0, 0.1) is 0 Å². The van der Waals surface area contributed by atoms with E-state index in [1.54, 1.807) is 36.4 Å². The third-order valence-corrected chi connectivity index (χ3v) is 4.09. The SMILES string of the molecule is NC(=O)[C@H](Cc1ccc2ccccc2n1)NC(=O)[C@@H](O)c1ccccc1. The molecule has 0 bridgehead atoms. The van der Waals surface area contributed by atoms with E-state index in [-0.39, 0.29) is 6.42 Å². The molecule has 0 aliphatic carbocycles. The van der Waals surface area contributed by atoms with E-state index in [1.165, 1.54) is 0 Å². The van der Waals surface area contributed by atoms with Gasteiger partial charge in [-0.3, -0.25) is 14.6 Å². The summed E-state index contributed by atoms with van der Waals surface area (Å²) in [6.07, 6.45) is -1.23. The lowest BCUT2D eigenvalue weighted by molar-refractivity contribution is -0.133. The number of primary amides is 1. The summed E-state index contributed by atoms with van der Waals surface area (Å²) in [7, 11) is 0. The second-order valence-corrected chi connectivity index (χ2v) is 5.98. The van der Waals surface area contributed by atoms with Crippen LogP contribution in [0.3, 0.4) is 0 Å². The van der Waals surface area contributed by atoms with Crippen molar-refractivity contribution in [3.05, 3.63) is 78.0 Å². The van der Waals surface area contributed by atoms with Gasteiger partial charge < -0.3 is 16.2 Å². The van der Waals surface area contributed by atoms with Gasteiger partial charge in [0.25, 0.3) is 5.91 Å². The first-order valence-electron chi connectivity index (χ1n) is 8.22. The first-order valence-corrected chi connectivity index (χ1v) is 8.22. The van der Waals surface area contributed by atoms with Gasteiger partial charge in [-0.15, -0.1) is 0 Å². The minimum absolute atomic E-state index is 0.146. The van der Waals surface area contributed by atoms with E-state index in [9.17, 15) is 14.7 Å². The van der Waals surface area contributed by atoms with Crippen LogP contribution in [-0.2, 0) is 16.0 Å². The molecule has 26 heavy (non-hydrogen) atoms. The fraction of sp³-hybridized carbons (Fsp3) is 0.150. The number of hydrogen-bond donors (Lipinski definition) is 3. The highest BCUT2D eigenvalue weighted by Gasteiger charge is 2.24. The number of nitrogens with two attached hydrogens (primary N) is 1. The maximum atomic E-state index is 12.3. The van der Waals surface area contributed by atoms with Crippen molar-refractivity contribution >= 4 is 22.7 Å². The van der Waals surface area contributed by atoms with Gasteiger partial charge >= 0.3 is 0 Å². The standard InChI is InChI=1S/C20H19N3O3/c21-19(25)17(23-20(26)18(24)14-7-2-1-3-8-14)12-15-11-10-13-6-4-5-9-16(13)22-15/h1-11,17-18,24H,12H2,(H2,21,25)(H,23,26)/t17-,18-/m0/s1. The highest BCUT2D eigenvalue weighted by atomic mass is 16.3. The average molecular weight is 349 g/mol. The second-order valence-electron chi connectivity index (χ2n) is 5.98. The van der Waals surface area contributed by atoms with Crippen LogP contribution in [0.1, 0.15) is 17.4 Å². The fourth-order valence-corrected chi connectivity index (χ4v) is 2.69. The fourth-order valence-electron chi connectivity index (χ4n) is 2.69. The number of aromatic nitrogens is 1. The van der Waals surface area contributed by atoms with Crippen LogP contribution >= 0.6 is 0 Å². The molecule has 0 unspecified atom stereocenters. The van der Waals surface area contributed by atoms with E-state index >= 15 is 0 Å². The predicted molar refractivity (Wildman–Crippen MR) is 98.0 cm³/mol. The first-order chi connectivity index (χ1) is 12.5. The van der Waals surface area contributed by atoms with Gasteiger partial charge in [0.2, 0.25) is 5.91 Å². The molecular weight excluding hydrogens is 330 g/mol. The van der Waals surface area contributed by atoms with Crippen molar-refractivity contribution in [3.63, 3.8) is 0 Å². The maximum Gasteiger partial charge on any atom is 0.254 e. The first kappa shape index (κ1) is 17.6. The molecule has 0 spiro atoms. The Balaban J connectivity index is 1.74. The number of benzene rings is 2. The van der Waals surface area contributed by atoms with Crippen molar-refractivity contribution in [1.82, 2.24) is 10.3 Å². The highest BCUT2D eigenvalue weighted by molar-refractivity contribution is 5.89. The lowest BCUT2D eigenvalue weighted by Gasteiger charge is -2.18. The predicted octanol–water partition coefficient (Wildman–Crippen LogP) is 1.48. The van der Waals surface area contributed by atoms with E-state index in [0.717, 1.165) is 10.9 Å². The molecule has 6 heteroatoms. The quantitative estimate of drug-likeness (QED) is 0.627. The third kappa shape index (κ3) is 4.04. The van der Waals surface area contributed by atoms with Crippen molar-refractivity contribution in [3.8, 4) is 0 Å². The minimum Gasteiger partial charge on any atom is -0.378 e. The van der Waals surface area contributed by atoms with Crippen LogP contribution < -0.4 is 11.1 Å². The summed E-state index contributed by atoms with van der Waals surface area (Å²) < 4.78 is 0. The van der Waals surface area contributed by atoms with Gasteiger partial charge in [-0.05, 0) is 17.7 Å². The summed E-state index contributed by atoms with van der Waals surface area (Å²) in [5.74, 6) is -1.37. The second kappa shape index (κ2) is 7.76. The highest BCUT2D eigenvalue weighted by Crippen LogP contribution is 2.15. The Hall–Kier alpha value is -3.25. The topological polar surface area (TPSA) is 105 Å². The molecule has 0 aliphatic rings. The number of aliphatic hydroxyl groups is 1. The minimum atomic E-state index is -1.37. The summed E-state index contributed by atoms with van der Waals surface area (Å²) in [6, 6.07) is 18.8. The van der Waals surface area contributed by atoms with E-state index < -0.39 is 24.0 Å². The van der Waals surface area contributed by atoms with Gasteiger partial charge in [-0.2, -0.15) is 0 Å². The molecule has 0 fully saturated rings. The number of hydrogen-bond acceptors (Lipinski definition) is 4. The zero-order valence-electron chi connectivity index (χ0n) is 14.0. The third-order valence-electron chi connectivity index (χ3n) is 4.09. The van der Waals surface area contributed by atoms with Gasteiger partial charge in [0.1, 0.15) is 6.04 Å². The molecule has 1 heterocycles. The number of nitrogens with one attached hydrogen (secondary N) is 1. The molecule has 4 N–H and O–H groups in total. The number of amides is 2. The van der Waals surface area contributed by atoms with Gasteiger partial charge in [0.05, 0.1) is 5.52 Å². The summed E-state index contributed by atoms with van der Waals surface area (Å²) in [5, 5.41) is 13.6. The Labute approximate surface area is 150 Å². The number of para-hydroxylation sites is 1. The summed E-state index contributed by atoms with van der Waals surface area (Å²) in [6.45, 7) is 0. The Bertz CT molecular complexity index is 928. The Morgan fingerprint density at radius 2 is 1.69 bits per heavy atom. The number of carbonyl (C=O) groups is 2. The summed E-state index contributed by atoms with van der Waals surface area (Å²) in [5.41, 5.74) is 7.29. The molecule has 0 radical (unpaired) electrons. The molecule has 1 aromatic heterocycles. The molecule has 132 valence electrons. The number of carbonyl (C=O) groups excluding carboxylic acids is 2. The summed E-state index contributed by atoms with van der Waals surface area (Å²) in [4.78, 5) is 28.5. The number of nitrogens with zero attached hydrogens (tertiary/aromatic N) is 1. The van der Waals surface area contributed by atoms with Gasteiger partial charge in [0, 0.05) is 17.5 Å². The number of pyridine rings is 1. The molecule has 6 nitrogen and oxygen atoms in total. The zero-order chi connectivity index (χ0) is 18.5. The molecule has 3 aromatic rings. The van der Waals surface area contributed by atoms with E-state index in [4.69, 9.17) is 5.73 Å². The Kier molecular flexibility index (Phi) is 5.24. The average Bonchev–Trinajstić information content (AvgIpc) is 2.67. The summed E-state index contributed by atoms with van der Waals surface area (Å²) >= 11 is 0. The monoisotopic (exact) mass is 349 g/mol. The number of rotatable bonds is 6. The Morgan fingerprint density at radius 3 is 2.42 bits per heavy atom. The molecule has 3 rings (SSSR count). The van der Waals surface area contributed by atoms with Crippen LogP contribution in [0.15, 0.2) is 66.7 Å². The van der Waals surface area contributed by atoms with Crippen molar-refractivity contribution in [1.29, 1.82) is 0 Å². The van der Waals surface area contributed by atoms with Crippen LogP contribution in [0.5, 0.6) is 0 Å². The van der Waals surface area contributed by atoms with E-state index in [0.29, 0.717) is 11.3 Å². The van der Waals surface area contributed by atoms with E-state index in [1.807, 2.05) is 30.3 Å². The van der Waals surface area contributed by atoms with Crippen LogP contribution in [0.2, 0.25) is 0 Å². The van der Waals surface area contributed by atoms with Crippen molar-refractivity contribution < 1.29 is 14.7 Å². The van der Waals surface area contributed by atoms with Gasteiger partial charge in [-0.25, -0.2) is 0 Å². The molecule has 0 saturated carbocycles. The largest absolute Gasteiger partial charge is 0.378 e. The normalized spacial score (nSPS) is 13.1. The van der Waals surface area contributed by atoms with Crippen LogP contribution in [0.4, 0.5) is 0 Å². The maximum absolute atomic E-state index is 12.3. The Morgan fingerprint density at radius 1 is 1.00 bits per heavy atom. The molecule has 0 saturated heterocycles. The number of fused-ring (bicyclic) bond motifs is 1. The van der Waals surface area contributed by atoms with Crippen molar-refractivity contribution in [2.75, 3.05) is 0 Å². The lowest BCUT2D eigenvalue weighted by atomic mass is 10.1. The van der Waals surface area contributed by atoms with Crippen molar-refractivity contribution in [2.45, 2.75) is 18.6 Å². The molecular formula is C20H19N3O3. The van der Waals surface area contributed by atoms with Gasteiger partial charge in [-0.1, -0.05) is 54.6 Å². The molecule has 2 atom stereocenters. The van der Waals surface area contributed by atoms with E-state index in [2.05, 4.69) is 10.3 Å².